The lowest BCUT2D eigenvalue weighted by Gasteiger charge is -2.18. The summed E-state index contributed by atoms with van der Waals surface area (Å²) >= 11 is 3.48. The molecule has 0 unspecified atom stereocenters. The molecule has 35 heavy (non-hydrogen) atoms. The Hall–Kier alpha value is -3.91. The van der Waals surface area contributed by atoms with Crippen molar-refractivity contribution in [3.05, 3.63) is 94.7 Å². The van der Waals surface area contributed by atoms with Gasteiger partial charge in [-0.15, -0.1) is 0 Å². The Kier molecular flexibility index (Phi) is 6.13. The van der Waals surface area contributed by atoms with E-state index in [-0.39, 0.29) is 10.9 Å². The van der Waals surface area contributed by atoms with Gasteiger partial charge in [0.2, 0.25) is 0 Å². The Labute approximate surface area is 209 Å². The van der Waals surface area contributed by atoms with E-state index in [4.69, 9.17) is 4.74 Å². The van der Waals surface area contributed by atoms with Gasteiger partial charge in [-0.2, -0.15) is 0 Å². The molecule has 0 aliphatic heterocycles. The number of halogens is 3. The number of ether oxygens (including phenoxy) is 1. The Morgan fingerprint density at radius 1 is 0.943 bits per heavy atom. The van der Waals surface area contributed by atoms with Crippen molar-refractivity contribution in [2.24, 2.45) is 0 Å². The van der Waals surface area contributed by atoms with Crippen LogP contribution in [0.1, 0.15) is 5.56 Å². The van der Waals surface area contributed by atoms with Crippen LogP contribution >= 0.6 is 15.9 Å². The van der Waals surface area contributed by atoms with Gasteiger partial charge >= 0.3 is 0 Å². The number of rotatable bonds is 5. The highest BCUT2D eigenvalue weighted by Gasteiger charge is 2.20. The molecule has 1 N–H and O–H groups in total. The average Bonchev–Trinajstić information content (AvgIpc) is 2.86. The van der Waals surface area contributed by atoms with Crippen LogP contribution in [0.5, 0.6) is 5.75 Å². The number of benzene rings is 2. The van der Waals surface area contributed by atoms with Crippen LogP contribution in [-0.2, 0) is 0 Å². The number of hydrogen-bond donors (Lipinski definition) is 1. The highest BCUT2D eigenvalue weighted by Crippen LogP contribution is 2.39. The van der Waals surface area contributed by atoms with Crippen molar-refractivity contribution in [3.63, 3.8) is 0 Å². The van der Waals surface area contributed by atoms with Gasteiger partial charge in [-0.1, -0.05) is 6.07 Å². The van der Waals surface area contributed by atoms with E-state index in [1.54, 1.807) is 25.6 Å². The van der Waals surface area contributed by atoms with E-state index in [0.29, 0.717) is 34.0 Å². The van der Waals surface area contributed by atoms with Gasteiger partial charge in [0.1, 0.15) is 17.4 Å². The van der Waals surface area contributed by atoms with Crippen molar-refractivity contribution >= 4 is 38.2 Å². The van der Waals surface area contributed by atoms with Crippen LogP contribution < -0.4 is 10.1 Å². The molecule has 0 saturated heterocycles. The van der Waals surface area contributed by atoms with Gasteiger partial charge in [0.15, 0.2) is 0 Å². The summed E-state index contributed by atoms with van der Waals surface area (Å²) in [6.45, 7) is 1.83. The summed E-state index contributed by atoms with van der Waals surface area (Å²) in [6.07, 6.45) is 3.34. The van der Waals surface area contributed by atoms with E-state index in [1.807, 2.05) is 49.4 Å². The van der Waals surface area contributed by atoms with E-state index >= 15 is 4.39 Å². The van der Waals surface area contributed by atoms with Gasteiger partial charge < -0.3 is 10.1 Å². The van der Waals surface area contributed by atoms with E-state index in [0.717, 1.165) is 21.9 Å². The fraction of sp³-hybridized carbons (Fsp3) is 0.0741. The summed E-state index contributed by atoms with van der Waals surface area (Å²) in [6, 6.07) is 16.9. The predicted octanol–water partition coefficient (Wildman–Crippen LogP) is 7.46. The molecule has 0 atom stereocenters. The Bertz CT molecular complexity index is 1540. The average molecular weight is 533 g/mol. The van der Waals surface area contributed by atoms with Crippen molar-refractivity contribution in [2.75, 3.05) is 12.4 Å². The van der Waals surface area contributed by atoms with Crippen LogP contribution in [0.4, 0.5) is 20.2 Å². The highest BCUT2D eigenvalue weighted by atomic mass is 79.9. The first-order chi connectivity index (χ1) is 16.9. The van der Waals surface area contributed by atoms with Crippen LogP contribution in [0.15, 0.2) is 77.5 Å². The molecule has 0 spiro atoms. The van der Waals surface area contributed by atoms with Crippen LogP contribution in [0.25, 0.3) is 33.5 Å². The molecule has 5 rings (SSSR count). The molecule has 0 aliphatic rings. The maximum atomic E-state index is 15.1. The second-order valence-corrected chi connectivity index (χ2v) is 8.78. The molecule has 0 fully saturated rings. The molecule has 2 aromatic carbocycles. The van der Waals surface area contributed by atoms with E-state index in [9.17, 15) is 4.39 Å². The molecule has 0 aliphatic carbocycles. The van der Waals surface area contributed by atoms with Crippen molar-refractivity contribution in [1.29, 1.82) is 0 Å². The van der Waals surface area contributed by atoms with Crippen molar-refractivity contribution in [3.8, 4) is 28.4 Å². The molecule has 3 heterocycles. The third-order valence-electron chi connectivity index (χ3n) is 5.63. The van der Waals surface area contributed by atoms with Crippen LogP contribution in [0.2, 0.25) is 0 Å². The number of fused-ring (bicyclic) bond motifs is 1. The molecule has 8 heteroatoms. The maximum Gasteiger partial charge on any atom is 0.137 e. The minimum Gasteiger partial charge on any atom is -0.497 e. The van der Waals surface area contributed by atoms with E-state index in [2.05, 4.69) is 36.2 Å². The lowest BCUT2D eigenvalue weighted by molar-refractivity contribution is 0.415. The van der Waals surface area contributed by atoms with Crippen molar-refractivity contribution in [1.82, 2.24) is 15.0 Å². The van der Waals surface area contributed by atoms with Crippen LogP contribution in [0.3, 0.4) is 0 Å². The second kappa shape index (κ2) is 9.38. The summed E-state index contributed by atoms with van der Waals surface area (Å²) in [5.74, 6) is -0.688. The number of hydrogen-bond acceptors (Lipinski definition) is 5. The molecule has 0 amide bonds. The number of nitrogens with zero attached hydrogens (tertiary/aromatic N) is 3. The molecule has 3 aromatic heterocycles. The zero-order chi connectivity index (χ0) is 24.5. The molecule has 5 aromatic rings. The fourth-order valence-corrected chi connectivity index (χ4v) is 4.29. The van der Waals surface area contributed by atoms with Gasteiger partial charge in [0.05, 0.1) is 46.5 Å². The van der Waals surface area contributed by atoms with Crippen molar-refractivity contribution < 1.29 is 13.5 Å². The van der Waals surface area contributed by atoms with Crippen molar-refractivity contribution in [2.45, 2.75) is 6.92 Å². The third kappa shape index (κ3) is 4.44. The number of methoxy groups -OCH3 is 1. The largest absolute Gasteiger partial charge is 0.497 e. The summed E-state index contributed by atoms with van der Waals surface area (Å²) in [4.78, 5) is 13.6. The van der Waals surface area contributed by atoms with Crippen LogP contribution in [-0.4, -0.2) is 22.1 Å². The molecule has 0 saturated carbocycles. The SMILES string of the molecule is COc1ccc(-c2ncc(Br)cc2Nc2c(C)c(-c3ccccn3)nc3cc(F)cc(F)c23)cc1. The van der Waals surface area contributed by atoms with Crippen LogP contribution in [0, 0.1) is 18.6 Å². The summed E-state index contributed by atoms with van der Waals surface area (Å²) < 4.78 is 35.3. The molecule has 0 bridgehead atoms. The standard InChI is InChI=1S/C27H19BrF2N4O/c1-15-25(21-5-3-4-10-31-21)33-22-13-18(29)12-20(30)24(22)26(15)34-23-11-17(28)14-32-27(23)16-6-8-19(35-2)9-7-16/h3-14H,1-2H3,(H,33,34). The van der Waals surface area contributed by atoms with Gasteiger partial charge in [-0.05, 0) is 65.3 Å². The Balaban J connectivity index is 1.73. The second-order valence-electron chi connectivity index (χ2n) is 7.86. The summed E-state index contributed by atoms with van der Waals surface area (Å²) in [5, 5.41) is 3.55. The summed E-state index contributed by atoms with van der Waals surface area (Å²) in [7, 11) is 1.60. The van der Waals surface area contributed by atoms with Gasteiger partial charge in [-0.25, -0.2) is 13.8 Å². The lowest BCUT2D eigenvalue weighted by Crippen LogP contribution is -2.04. The molecule has 0 radical (unpaired) electrons. The van der Waals surface area contributed by atoms with E-state index in [1.165, 1.54) is 6.07 Å². The number of pyridine rings is 3. The maximum absolute atomic E-state index is 15.1. The van der Waals surface area contributed by atoms with Gasteiger partial charge in [-0.3, -0.25) is 9.97 Å². The first-order valence-electron chi connectivity index (χ1n) is 10.7. The minimum absolute atomic E-state index is 0.184. The molecular formula is C27H19BrF2N4O. The molecular weight excluding hydrogens is 514 g/mol. The lowest BCUT2D eigenvalue weighted by atomic mass is 10.0. The number of aromatic nitrogens is 3. The monoisotopic (exact) mass is 532 g/mol. The highest BCUT2D eigenvalue weighted by molar-refractivity contribution is 9.10. The van der Waals surface area contributed by atoms with Gasteiger partial charge in [0.25, 0.3) is 0 Å². The number of nitrogens with one attached hydrogen (secondary N) is 1. The zero-order valence-corrected chi connectivity index (χ0v) is 20.4. The molecule has 5 nitrogen and oxygen atoms in total. The molecule has 174 valence electrons. The Morgan fingerprint density at radius 2 is 1.74 bits per heavy atom. The zero-order valence-electron chi connectivity index (χ0n) is 18.8. The first kappa shape index (κ1) is 22.9. The van der Waals surface area contributed by atoms with E-state index < -0.39 is 11.6 Å². The first-order valence-corrected chi connectivity index (χ1v) is 11.5. The minimum atomic E-state index is -0.709. The fourth-order valence-electron chi connectivity index (χ4n) is 3.96. The predicted molar refractivity (Wildman–Crippen MR) is 137 cm³/mol. The Morgan fingerprint density at radius 3 is 2.46 bits per heavy atom. The third-order valence-corrected chi connectivity index (χ3v) is 6.07. The topological polar surface area (TPSA) is 59.9 Å². The summed E-state index contributed by atoms with van der Waals surface area (Å²) in [5.41, 5.74) is 4.57. The number of anilines is 2. The normalized spacial score (nSPS) is 11.0. The smallest absolute Gasteiger partial charge is 0.137 e. The van der Waals surface area contributed by atoms with Gasteiger partial charge in [0, 0.05) is 40.1 Å². The quantitative estimate of drug-likeness (QED) is 0.254.